The fourth-order valence-electron chi connectivity index (χ4n) is 2.72. The Morgan fingerprint density at radius 2 is 1.75 bits per heavy atom. The molecule has 0 radical (unpaired) electrons. The summed E-state index contributed by atoms with van der Waals surface area (Å²) in [6, 6.07) is 17.4. The number of para-hydroxylation sites is 3. The summed E-state index contributed by atoms with van der Waals surface area (Å²) in [6.45, 7) is 3.44. The van der Waals surface area contributed by atoms with Gasteiger partial charge in [-0.15, -0.1) is 0 Å². The number of amides is 1. The lowest BCUT2D eigenvalue weighted by Crippen LogP contribution is -2.22. The fraction of sp³-hybridized carbons (Fsp3) is 0.273. The average molecular weight is 379 g/mol. The maximum Gasteiger partial charge on any atom is 0.220 e. The van der Waals surface area contributed by atoms with Crippen molar-refractivity contribution in [2.24, 2.45) is 0 Å². The van der Waals surface area contributed by atoms with Crippen LogP contribution < -0.4 is 14.8 Å². The summed E-state index contributed by atoms with van der Waals surface area (Å²) in [7, 11) is 0. The molecular weight excluding hydrogens is 354 g/mol. The number of ether oxygens (including phenoxy) is 2. The summed E-state index contributed by atoms with van der Waals surface area (Å²) in [5.41, 5.74) is 1.95. The van der Waals surface area contributed by atoms with E-state index in [1.807, 2.05) is 67.7 Å². The van der Waals surface area contributed by atoms with Gasteiger partial charge in [0.2, 0.25) is 5.91 Å². The molecule has 3 aromatic rings. The van der Waals surface area contributed by atoms with Crippen molar-refractivity contribution in [3.05, 3.63) is 72.6 Å². The van der Waals surface area contributed by atoms with Crippen molar-refractivity contribution in [3.8, 4) is 17.2 Å². The van der Waals surface area contributed by atoms with Gasteiger partial charge in [-0.3, -0.25) is 4.79 Å². The third-order valence-corrected chi connectivity index (χ3v) is 4.10. The highest BCUT2D eigenvalue weighted by Crippen LogP contribution is 2.26. The molecule has 28 heavy (non-hydrogen) atoms. The summed E-state index contributed by atoms with van der Waals surface area (Å²) in [5.74, 6) is 1.43. The summed E-state index contributed by atoms with van der Waals surface area (Å²) >= 11 is 0. The highest BCUT2D eigenvalue weighted by Gasteiger charge is 2.06. The van der Waals surface area contributed by atoms with Gasteiger partial charge in [-0.05, 0) is 37.6 Å². The predicted octanol–water partition coefficient (Wildman–Crippen LogP) is 3.75. The van der Waals surface area contributed by atoms with Crippen LogP contribution in [0.25, 0.3) is 5.69 Å². The third-order valence-electron chi connectivity index (χ3n) is 4.10. The second-order valence-electron chi connectivity index (χ2n) is 6.24. The molecule has 146 valence electrons. The summed E-state index contributed by atoms with van der Waals surface area (Å²) in [6.07, 6.45) is 4.73. The van der Waals surface area contributed by atoms with E-state index < -0.39 is 0 Å². The van der Waals surface area contributed by atoms with Crippen molar-refractivity contribution in [2.75, 3.05) is 13.2 Å². The van der Waals surface area contributed by atoms with Crippen molar-refractivity contribution in [1.82, 2.24) is 15.1 Å². The first-order valence-electron chi connectivity index (χ1n) is 9.46. The SMILES string of the molecule is CCOc1ccccc1OCCCC(=O)NCc1cnn(-c2ccccc2)c1. The number of hydrogen-bond acceptors (Lipinski definition) is 4. The van der Waals surface area contributed by atoms with Crippen molar-refractivity contribution in [2.45, 2.75) is 26.3 Å². The Labute approximate surface area is 165 Å². The van der Waals surface area contributed by atoms with Crippen LogP contribution in [0, 0.1) is 0 Å². The zero-order valence-corrected chi connectivity index (χ0v) is 16.0. The third kappa shape index (κ3) is 5.61. The maximum absolute atomic E-state index is 12.1. The molecule has 1 N–H and O–H groups in total. The van der Waals surface area contributed by atoms with Crippen molar-refractivity contribution in [1.29, 1.82) is 0 Å². The van der Waals surface area contributed by atoms with Crippen LogP contribution in [0.4, 0.5) is 0 Å². The Bertz CT molecular complexity index is 877. The minimum atomic E-state index is -0.00541. The molecule has 0 aliphatic carbocycles. The van der Waals surface area contributed by atoms with Gasteiger partial charge in [0.1, 0.15) is 0 Å². The lowest BCUT2D eigenvalue weighted by molar-refractivity contribution is -0.121. The number of carbonyl (C=O) groups is 1. The van der Waals surface area contributed by atoms with Crippen LogP contribution in [0.3, 0.4) is 0 Å². The number of aromatic nitrogens is 2. The fourth-order valence-corrected chi connectivity index (χ4v) is 2.72. The molecule has 0 aliphatic heterocycles. The van der Waals surface area contributed by atoms with Crippen molar-refractivity contribution < 1.29 is 14.3 Å². The molecule has 6 nitrogen and oxygen atoms in total. The Morgan fingerprint density at radius 3 is 2.50 bits per heavy atom. The minimum absolute atomic E-state index is 0.00541. The van der Waals surface area contributed by atoms with Crippen LogP contribution >= 0.6 is 0 Å². The zero-order valence-electron chi connectivity index (χ0n) is 16.0. The quantitative estimate of drug-likeness (QED) is 0.545. The Kier molecular flexibility index (Phi) is 7.07. The van der Waals surface area contributed by atoms with Crippen LogP contribution in [0.1, 0.15) is 25.3 Å². The molecule has 0 saturated carbocycles. The first-order chi connectivity index (χ1) is 13.8. The molecule has 0 fully saturated rings. The first-order valence-corrected chi connectivity index (χ1v) is 9.46. The second kappa shape index (κ2) is 10.2. The number of carbonyl (C=O) groups excluding carboxylic acids is 1. The van der Waals surface area contributed by atoms with Crippen LogP contribution in [-0.2, 0) is 11.3 Å². The van der Waals surface area contributed by atoms with Gasteiger partial charge in [-0.2, -0.15) is 5.10 Å². The van der Waals surface area contributed by atoms with Gasteiger partial charge in [-0.25, -0.2) is 4.68 Å². The van der Waals surface area contributed by atoms with Gasteiger partial charge in [-0.1, -0.05) is 30.3 Å². The van der Waals surface area contributed by atoms with E-state index in [1.54, 1.807) is 10.9 Å². The Hall–Kier alpha value is -3.28. The van der Waals surface area contributed by atoms with Gasteiger partial charge < -0.3 is 14.8 Å². The number of benzene rings is 2. The molecule has 2 aromatic carbocycles. The molecular formula is C22H25N3O3. The van der Waals surface area contributed by atoms with E-state index >= 15 is 0 Å². The van der Waals surface area contributed by atoms with E-state index in [0.29, 0.717) is 38.3 Å². The van der Waals surface area contributed by atoms with E-state index in [9.17, 15) is 4.79 Å². The van der Waals surface area contributed by atoms with E-state index in [1.165, 1.54) is 0 Å². The maximum atomic E-state index is 12.1. The molecule has 0 atom stereocenters. The topological polar surface area (TPSA) is 65.4 Å². The smallest absolute Gasteiger partial charge is 0.220 e. The second-order valence-corrected chi connectivity index (χ2v) is 6.24. The molecule has 1 amide bonds. The Balaban J connectivity index is 1.38. The largest absolute Gasteiger partial charge is 0.490 e. The van der Waals surface area contributed by atoms with E-state index in [0.717, 1.165) is 17.0 Å². The lowest BCUT2D eigenvalue weighted by Gasteiger charge is -2.11. The Morgan fingerprint density at radius 1 is 1.04 bits per heavy atom. The first kappa shape index (κ1) is 19.5. The molecule has 0 bridgehead atoms. The number of hydrogen-bond donors (Lipinski definition) is 1. The molecule has 3 rings (SSSR count). The van der Waals surface area contributed by atoms with E-state index in [-0.39, 0.29) is 5.91 Å². The van der Waals surface area contributed by atoms with Gasteiger partial charge >= 0.3 is 0 Å². The summed E-state index contributed by atoms with van der Waals surface area (Å²) in [5, 5.41) is 7.25. The molecule has 0 saturated heterocycles. The number of nitrogens with one attached hydrogen (secondary N) is 1. The van der Waals surface area contributed by atoms with Gasteiger partial charge in [0.15, 0.2) is 11.5 Å². The number of rotatable bonds is 10. The van der Waals surface area contributed by atoms with Crippen molar-refractivity contribution in [3.63, 3.8) is 0 Å². The monoisotopic (exact) mass is 379 g/mol. The average Bonchev–Trinajstić information content (AvgIpc) is 3.21. The molecule has 0 aliphatic rings. The zero-order chi connectivity index (χ0) is 19.6. The van der Waals surface area contributed by atoms with Gasteiger partial charge in [0.05, 0.1) is 25.1 Å². The van der Waals surface area contributed by atoms with Crippen LogP contribution in [0.2, 0.25) is 0 Å². The number of nitrogens with zero attached hydrogens (tertiary/aromatic N) is 2. The molecule has 0 spiro atoms. The summed E-state index contributed by atoms with van der Waals surface area (Å²) in [4.78, 5) is 12.1. The van der Waals surface area contributed by atoms with Gasteiger partial charge in [0.25, 0.3) is 0 Å². The highest BCUT2D eigenvalue weighted by molar-refractivity contribution is 5.75. The van der Waals surface area contributed by atoms with E-state index in [2.05, 4.69) is 10.4 Å². The minimum Gasteiger partial charge on any atom is -0.490 e. The summed E-state index contributed by atoms with van der Waals surface area (Å²) < 4.78 is 13.1. The molecule has 0 unspecified atom stereocenters. The normalized spacial score (nSPS) is 10.5. The van der Waals surface area contributed by atoms with Crippen molar-refractivity contribution >= 4 is 5.91 Å². The van der Waals surface area contributed by atoms with Crippen LogP contribution in [0.5, 0.6) is 11.5 Å². The standard InChI is InChI=1S/C22H25N3O3/c1-2-27-20-11-6-7-12-21(20)28-14-8-13-22(26)23-15-18-16-24-25(17-18)19-9-4-3-5-10-19/h3-7,9-12,16-17H,2,8,13-15H2,1H3,(H,23,26). The van der Waals surface area contributed by atoms with E-state index in [4.69, 9.17) is 9.47 Å². The van der Waals surface area contributed by atoms with Crippen LogP contribution in [0.15, 0.2) is 67.0 Å². The highest BCUT2D eigenvalue weighted by atomic mass is 16.5. The molecule has 1 aromatic heterocycles. The van der Waals surface area contributed by atoms with Gasteiger partial charge in [0, 0.05) is 24.7 Å². The lowest BCUT2D eigenvalue weighted by atomic mass is 10.3. The van der Waals surface area contributed by atoms with Crippen LogP contribution in [-0.4, -0.2) is 28.9 Å². The predicted molar refractivity (Wildman–Crippen MR) is 108 cm³/mol. The molecule has 1 heterocycles. The molecule has 6 heteroatoms.